The fourth-order valence-corrected chi connectivity index (χ4v) is 3.12. The number of hydrogen-bond donors (Lipinski definition) is 2. The molecule has 0 saturated carbocycles. The summed E-state index contributed by atoms with van der Waals surface area (Å²) in [4.78, 5) is 22.1. The quantitative estimate of drug-likeness (QED) is 0.479. The third kappa shape index (κ3) is 3.40. The average molecular weight is 351 g/mol. The Hall–Kier alpha value is -2.89. The Morgan fingerprint density at radius 2 is 1.96 bits per heavy atom. The summed E-state index contributed by atoms with van der Waals surface area (Å²) in [5, 5.41) is 2.80. The number of carbonyl (C=O) groups is 1. The molecule has 3 rings (SSSR count). The Bertz CT molecular complexity index is 944. The summed E-state index contributed by atoms with van der Waals surface area (Å²) in [7, 11) is 0. The highest BCUT2D eigenvalue weighted by Gasteiger charge is 2.23. The van der Waals surface area contributed by atoms with Gasteiger partial charge in [-0.25, -0.2) is 9.97 Å². The first-order valence-corrected chi connectivity index (χ1v) is 9.11. The lowest BCUT2D eigenvalue weighted by atomic mass is 10.2. The fourth-order valence-electron chi connectivity index (χ4n) is 3.12. The fraction of sp³-hybridized carbons (Fsp3) is 0.350. The zero-order valence-corrected chi connectivity index (χ0v) is 15.2. The molecule has 3 N–H and O–H groups in total. The largest absolute Gasteiger partial charge is 0.384 e. The predicted molar refractivity (Wildman–Crippen MR) is 106 cm³/mol. The van der Waals surface area contributed by atoms with E-state index in [2.05, 4.69) is 23.8 Å². The van der Waals surface area contributed by atoms with Crippen LogP contribution in [0.15, 0.2) is 36.9 Å². The number of anilines is 1. The average Bonchev–Trinajstić information content (AvgIpc) is 2.92. The zero-order chi connectivity index (χ0) is 18.5. The van der Waals surface area contributed by atoms with E-state index < -0.39 is 0 Å². The van der Waals surface area contributed by atoms with Gasteiger partial charge in [-0.3, -0.25) is 4.79 Å². The topological polar surface area (TPSA) is 85.8 Å². The van der Waals surface area contributed by atoms with E-state index in [-0.39, 0.29) is 5.91 Å². The number of aryl methyl sites for hydroxylation is 1. The second kappa shape index (κ2) is 7.99. The molecule has 0 atom stereocenters. The molecule has 26 heavy (non-hydrogen) atoms. The molecule has 0 fully saturated rings. The van der Waals surface area contributed by atoms with E-state index in [0.717, 1.165) is 30.4 Å². The number of aromatic nitrogens is 3. The number of rotatable bonds is 8. The van der Waals surface area contributed by atoms with E-state index in [9.17, 15) is 4.79 Å². The lowest BCUT2D eigenvalue weighted by molar-refractivity contribution is 0.0960. The number of carbonyl (C=O) groups excluding carboxylic acids is 1. The number of benzene rings is 1. The van der Waals surface area contributed by atoms with Crippen LogP contribution in [-0.2, 0) is 6.54 Å². The molecule has 2 heterocycles. The number of nitrogens with zero attached hydrogens (tertiary/aromatic N) is 3. The molecule has 1 aromatic carbocycles. The van der Waals surface area contributed by atoms with Crippen LogP contribution in [0.1, 0.15) is 43.0 Å². The molecule has 0 aliphatic heterocycles. The third-order valence-corrected chi connectivity index (χ3v) is 4.46. The number of nitrogens with two attached hydrogens (primary N) is 1. The van der Waals surface area contributed by atoms with Crippen LogP contribution in [0.4, 0.5) is 5.82 Å². The number of nitrogens with one attached hydrogen (secondary N) is 1. The lowest BCUT2D eigenvalue weighted by Crippen LogP contribution is -2.24. The first kappa shape index (κ1) is 17.9. The molecular weight excluding hydrogens is 326 g/mol. The van der Waals surface area contributed by atoms with Crippen LogP contribution in [-0.4, -0.2) is 27.0 Å². The lowest BCUT2D eigenvalue weighted by Gasteiger charge is -2.07. The molecule has 0 radical (unpaired) electrons. The molecular formula is C20H25N5O. The van der Waals surface area contributed by atoms with Gasteiger partial charge >= 0.3 is 0 Å². The van der Waals surface area contributed by atoms with Crippen molar-refractivity contribution in [1.82, 2.24) is 19.9 Å². The van der Waals surface area contributed by atoms with Gasteiger partial charge in [-0.05, 0) is 18.6 Å². The van der Waals surface area contributed by atoms with Gasteiger partial charge in [0.05, 0.1) is 11.0 Å². The number of hydrogen-bond acceptors (Lipinski definition) is 4. The molecule has 136 valence electrons. The van der Waals surface area contributed by atoms with Crippen molar-refractivity contribution < 1.29 is 4.79 Å². The molecule has 0 aliphatic rings. The molecule has 0 aliphatic carbocycles. The summed E-state index contributed by atoms with van der Waals surface area (Å²) in [5.41, 5.74) is 9.53. The highest BCUT2D eigenvalue weighted by molar-refractivity contribution is 6.10. The summed E-state index contributed by atoms with van der Waals surface area (Å²) in [6.45, 7) is 6.92. The van der Waals surface area contributed by atoms with E-state index in [1.165, 1.54) is 12.8 Å². The van der Waals surface area contributed by atoms with E-state index in [0.29, 0.717) is 29.1 Å². The SMILES string of the molecule is C=CCNC(=O)c1c(N)n(CCCCCC)c2nc3ccccc3nc12. The molecule has 2 aromatic heterocycles. The molecule has 6 heteroatoms. The summed E-state index contributed by atoms with van der Waals surface area (Å²) in [6.07, 6.45) is 6.10. The Balaban J connectivity index is 2.11. The molecule has 6 nitrogen and oxygen atoms in total. The third-order valence-electron chi connectivity index (χ3n) is 4.46. The van der Waals surface area contributed by atoms with Gasteiger partial charge in [0.15, 0.2) is 5.65 Å². The number of para-hydroxylation sites is 2. The van der Waals surface area contributed by atoms with Crippen LogP contribution in [0, 0.1) is 0 Å². The van der Waals surface area contributed by atoms with Gasteiger partial charge in [0.25, 0.3) is 5.91 Å². The van der Waals surface area contributed by atoms with Crippen molar-refractivity contribution >= 4 is 33.9 Å². The van der Waals surface area contributed by atoms with Crippen molar-refractivity contribution in [2.45, 2.75) is 39.2 Å². The molecule has 0 bridgehead atoms. The minimum absolute atomic E-state index is 0.246. The first-order valence-electron chi connectivity index (χ1n) is 9.11. The van der Waals surface area contributed by atoms with Gasteiger partial charge in [0.2, 0.25) is 0 Å². The van der Waals surface area contributed by atoms with Crippen LogP contribution in [0.25, 0.3) is 22.2 Å². The van der Waals surface area contributed by atoms with Crippen LogP contribution in [0.3, 0.4) is 0 Å². The Kier molecular flexibility index (Phi) is 5.51. The van der Waals surface area contributed by atoms with E-state index in [4.69, 9.17) is 10.7 Å². The van der Waals surface area contributed by atoms with Crippen molar-refractivity contribution in [3.63, 3.8) is 0 Å². The van der Waals surface area contributed by atoms with Crippen molar-refractivity contribution in [2.75, 3.05) is 12.3 Å². The van der Waals surface area contributed by atoms with E-state index >= 15 is 0 Å². The Morgan fingerprint density at radius 3 is 2.65 bits per heavy atom. The van der Waals surface area contributed by atoms with Crippen LogP contribution < -0.4 is 11.1 Å². The van der Waals surface area contributed by atoms with Gasteiger partial charge < -0.3 is 15.6 Å². The van der Waals surface area contributed by atoms with Crippen molar-refractivity contribution in [2.24, 2.45) is 0 Å². The molecule has 3 aromatic rings. The summed E-state index contributed by atoms with van der Waals surface area (Å²) in [6, 6.07) is 7.65. The van der Waals surface area contributed by atoms with Crippen LogP contribution >= 0.6 is 0 Å². The van der Waals surface area contributed by atoms with Crippen molar-refractivity contribution in [1.29, 1.82) is 0 Å². The van der Waals surface area contributed by atoms with Crippen LogP contribution in [0.5, 0.6) is 0 Å². The smallest absolute Gasteiger partial charge is 0.257 e. The van der Waals surface area contributed by atoms with Crippen LogP contribution in [0.2, 0.25) is 0 Å². The van der Waals surface area contributed by atoms with Gasteiger partial charge in [-0.1, -0.05) is 44.4 Å². The van der Waals surface area contributed by atoms with Gasteiger partial charge in [-0.15, -0.1) is 6.58 Å². The highest BCUT2D eigenvalue weighted by atomic mass is 16.1. The van der Waals surface area contributed by atoms with Gasteiger partial charge in [0, 0.05) is 13.1 Å². The minimum atomic E-state index is -0.246. The number of fused-ring (bicyclic) bond motifs is 2. The summed E-state index contributed by atoms with van der Waals surface area (Å²) in [5.74, 6) is 0.178. The zero-order valence-electron chi connectivity index (χ0n) is 15.2. The van der Waals surface area contributed by atoms with E-state index in [1.54, 1.807) is 6.08 Å². The van der Waals surface area contributed by atoms with Gasteiger partial charge in [-0.2, -0.15) is 0 Å². The molecule has 0 spiro atoms. The Labute approximate surface area is 153 Å². The van der Waals surface area contributed by atoms with Gasteiger partial charge in [0.1, 0.15) is 16.9 Å². The monoisotopic (exact) mass is 351 g/mol. The number of nitrogen functional groups attached to an aromatic ring is 1. The Morgan fingerprint density at radius 1 is 1.23 bits per heavy atom. The number of amides is 1. The maximum Gasteiger partial charge on any atom is 0.257 e. The second-order valence-electron chi connectivity index (χ2n) is 6.36. The summed E-state index contributed by atoms with van der Waals surface area (Å²) < 4.78 is 1.92. The molecule has 1 amide bonds. The minimum Gasteiger partial charge on any atom is -0.384 e. The first-order chi connectivity index (χ1) is 12.7. The molecule has 0 saturated heterocycles. The number of unbranched alkanes of at least 4 members (excludes halogenated alkanes) is 3. The van der Waals surface area contributed by atoms with E-state index in [1.807, 2.05) is 28.8 Å². The standard InChI is InChI=1S/C20H25N5O/c1-3-5-6-9-13-25-18(21)16(20(26)22-12-4-2)17-19(25)24-15-11-8-7-10-14(15)23-17/h4,7-8,10-11H,2-3,5-6,9,12-13,21H2,1H3,(H,22,26). The highest BCUT2D eigenvalue weighted by Crippen LogP contribution is 2.28. The molecule has 0 unspecified atom stereocenters. The second-order valence-corrected chi connectivity index (χ2v) is 6.36. The van der Waals surface area contributed by atoms with Crippen molar-refractivity contribution in [3.8, 4) is 0 Å². The maximum atomic E-state index is 12.6. The van der Waals surface area contributed by atoms with Crippen molar-refractivity contribution in [3.05, 3.63) is 42.5 Å². The normalized spacial score (nSPS) is 11.1. The summed E-state index contributed by atoms with van der Waals surface area (Å²) >= 11 is 0. The maximum absolute atomic E-state index is 12.6. The predicted octanol–water partition coefficient (Wildman–Crippen LogP) is 3.66.